The number of aliphatic hydroxyl groups is 2. The van der Waals surface area contributed by atoms with Crippen molar-refractivity contribution in [3.05, 3.63) is 0 Å². The molecule has 0 aromatic carbocycles. The van der Waals surface area contributed by atoms with Crippen LogP contribution in [0.15, 0.2) is 0 Å². The van der Waals surface area contributed by atoms with Crippen LogP contribution in [0.2, 0.25) is 0 Å². The van der Waals surface area contributed by atoms with Gasteiger partial charge in [-0.15, -0.1) is 0 Å². The van der Waals surface area contributed by atoms with Crippen LogP contribution in [-0.2, 0) is 9.47 Å². The summed E-state index contributed by atoms with van der Waals surface area (Å²) in [6, 6.07) is 0. The lowest BCUT2D eigenvalue weighted by Gasteiger charge is -1.94. The zero-order valence-electron chi connectivity index (χ0n) is 8.26. The number of thiol groups is 2. The SMILES string of the molecule is OCCOCCO.SCCOCCS. The minimum absolute atomic E-state index is 0.0278. The first-order valence-corrected chi connectivity index (χ1v) is 5.68. The van der Waals surface area contributed by atoms with Crippen molar-refractivity contribution >= 4 is 25.3 Å². The molecule has 0 aliphatic heterocycles. The van der Waals surface area contributed by atoms with Gasteiger partial charge in [0.25, 0.3) is 0 Å². The van der Waals surface area contributed by atoms with Crippen LogP contribution in [0.4, 0.5) is 0 Å². The van der Waals surface area contributed by atoms with Crippen molar-refractivity contribution in [3.8, 4) is 0 Å². The highest BCUT2D eigenvalue weighted by Gasteiger charge is 1.79. The molecule has 0 unspecified atom stereocenters. The normalized spacial score (nSPS) is 9.43. The minimum atomic E-state index is 0.0278. The fourth-order valence-electron chi connectivity index (χ4n) is 0.462. The Hall–Kier alpha value is 0.540. The maximum Gasteiger partial charge on any atom is 0.0698 e. The van der Waals surface area contributed by atoms with Gasteiger partial charge in [-0.1, -0.05) is 0 Å². The molecule has 2 N–H and O–H groups in total. The Morgan fingerprint density at radius 1 is 0.714 bits per heavy atom. The van der Waals surface area contributed by atoms with Gasteiger partial charge >= 0.3 is 0 Å². The van der Waals surface area contributed by atoms with Crippen LogP contribution in [-0.4, -0.2) is 61.4 Å². The Bertz CT molecular complexity index is 67.7. The van der Waals surface area contributed by atoms with E-state index in [4.69, 9.17) is 14.9 Å². The van der Waals surface area contributed by atoms with E-state index in [2.05, 4.69) is 30.0 Å². The third-order valence-electron chi connectivity index (χ3n) is 0.942. The van der Waals surface area contributed by atoms with Gasteiger partial charge in [0.15, 0.2) is 0 Å². The van der Waals surface area contributed by atoms with Gasteiger partial charge in [-0.3, -0.25) is 0 Å². The van der Waals surface area contributed by atoms with Crippen LogP contribution in [0.5, 0.6) is 0 Å². The Kier molecular flexibility index (Phi) is 23.2. The van der Waals surface area contributed by atoms with E-state index in [0.29, 0.717) is 13.2 Å². The lowest BCUT2D eigenvalue weighted by Crippen LogP contribution is -2.03. The second-order valence-corrected chi connectivity index (χ2v) is 3.01. The fourth-order valence-corrected chi connectivity index (χ4v) is 0.721. The molecule has 0 saturated heterocycles. The first-order valence-electron chi connectivity index (χ1n) is 4.42. The predicted octanol–water partition coefficient (Wildman–Crippen LogP) is -0.150. The summed E-state index contributed by atoms with van der Waals surface area (Å²) in [4.78, 5) is 0. The van der Waals surface area contributed by atoms with Crippen LogP contribution in [0, 0.1) is 0 Å². The maximum absolute atomic E-state index is 8.09. The second-order valence-electron chi connectivity index (χ2n) is 2.12. The van der Waals surface area contributed by atoms with Crippen molar-refractivity contribution < 1.29 is 19.7 Å². The van der Waals surface area contributed by atoms with E-state index in [-0.39, 0.29) is 13.2 Å². The van der Waals surface area contributed by atoms with Crippen LogP contribution >= 0.6 is 25.3 Å². The Labute approximate surface area is 96.4 Å². The summed E-state index contributed by atoms with van der Waals surface area (Å²) in [7, 11) is 0. The van der Waals surface area contributed by atoms with Gasteiger partial charge in [-0.05, 0) is 0 Å². The van der Waals surface area contributed by atoms with E-state index in [0.717, 1.165) is 24.7 Å². The molecule has 0 spiro atoms. The smallest absolute Gasteiger partial charge is 0.0698 e. The van der Waals surface area contributed by atoms with Gasteiger partial charge in [0.05, 0.1) is 39.6 Å². The highest BCUT2D eigenvalue weighted by Crippen LogP contribution is 1.79. The third-order valence-corrected chi connectivity index (χ3v) is 1.31. The molecule has 0 radical (unpaired) electrons. The second kappa shape index (κ2) is 19.2. The number of ether oxygens (including phenoxy) is 2. The van der Waals surface area contributed by atoms with Gasteiger partial charge < -0.3 is 19.7 Å². The van der Waals surface area contributed by atoms with Crippen LogP contribution < -0.4 is 0 Å². The highest BCUT2D eigenvalue weighted by atomic mass is 32.1. The van der Waals surface area contributed by atoms with E-state index in [9.17, 15) is 0 Å². The number of hydrogen-bond acceptors (Lipinski definition) is 6. The lowest BCUT2D eigenvalue weighted by molar-refractivity contribution is 0.0650. The largest absolute Gasteiger partial charge is 0.394 e. The Morgan fingerprint density at radius 3 is 1.36 bits per heavy atom. The molecular formula is C8H20O4S2. The zero-order chi connectivity index (χ0) is 11.1. The number of rotatable bonds is 8. The molecular weight excluding hydrogens is 224 g/mol. The molecule has 14 heavy (non-hydrogen) atoms. The van der Waals surface area contributed by atoms with Gasteiger partial charge in [-0.25, -0.2) is 0 Å². The van der Waals surface area contributed by atoms with Crippen LogP contribution in [0.1, 0.15) is 0 Å². The van der Waals surface area contributed by atoms with Crippen molar-refractivity contribution in [2.45, 2.75) is 0 Å². The lowest BCUT2D eigenvalue weighted by atomic mass is 10.7. The maximum atomic E-state index is 8.09. The molecule has 0 heterocycles. The molecule has 0 aliphatic carbocycles. The van der Waals surface area contributed by atoms with Crippen molar-refractivity contribution in [2.24, 2.45) is 0 Å². The van der Waals surface area contributed by atoms with Crippen molar-refractivity contribution in [3.63, 3.8) is 0 Å². The topological polar surface area (TPSA) is 58.9 Å². The van der Waals surface area contributed by atoms with Gasteiger partial charge in [0.1, 0.15) is 0 Å². The molecule has 6 heteroatoms. The number of aliphatic hydroxyl groups excluding tert-OH is 2. The summed E-state index contributed by atoms with van der Waals surface area (Å²) in [6.07, 6.45) is 0. The molecule has 0 aromatic rings. The van der Waals surface area contributed by atoms with E-state index in [1.165, 1.54) is 0 Å². The molecule has 0 aromatic heterocycles. The summed E-state index contributed by atoms with van der Waals surface area (Å²) in [6.45, 7) is 2.18. The van der Waals surface area contributed by atoms with Gasteiger partial charge in [0.2, 0.25) is 0 Å². The van der Waals surface area contributed by atoms with E-state index in [1.807, 2.05) is 0 Å². The summed E-state index contributed by atoms with van der Waals surface area (Å²) < 4.78 is 9.61. The number of hydrogen-bond donors (Lipinski definition) is 4. The summed E-state index contributed by atoms with van der Waals surface area (Å²) in [5, 5.41) is 16.2. The third kappa shape index (κ3) is 22.9. The standard InChI is InChI=1S/C4H10O3.C4H10OS2/c5-1-3-7-4-2-6;6-3-1-5-2-4-7/h5-6H,1-4H2;6-7H,1-4H2. The summed E-state index contributed by atoms with van der Waals surface area (Å²) >= 11 is 7.89. The molecule has 88 valence electrons. The van der Waals surface area contributed by atoms with Crippen molar-refractivity contribution in [2.75, 3.05) is 51.1 Å². The van der Waals surface area contributed by atoms with Crippen molar-refractivity contribution in [1.29, 1.82) is 0 Å². The monoisotopic (exact) mass is 244 g/mol. The molecule has 0 aliphatic rings. The van der Waals surface area contributed by atoms with Gasteiger partial charge in [0, 0.05) is 11.5 Å². The molecule has 0 fully saturated rings. The molecule has 0 amide bonds. The predicted molar refractivity (Wildman–Crippen MR) is 63.5 cm³/mol. The highest BCUT2D eigenvalue weighted by molar-refractivity contribution is 7.80. The first kappa shape index (κ1) is 17.0. The van der Waals surface area contributed by atoms with Crippen molar-refractivity contribution in [1.82, 2.24) is 0 Å². The fraction of sp³-hybridized carbons (Fsp3) is 1.00. The average Bonchev–Trinajstić information content (AvgIpc) is 2.21. The Morgan fingerprint density at radius 2 is 1.07 bits per heavy atom. The van der Waals surface area contributed by atoms with Crippen LogP contribution in [0.25, 0.3) is 0 Å². The first-order chi connectivity index (χ1) is 6.83. The minimum Gasteiger partial charge on any atom is -0.394 e. The molecule has 4 nitrogen and oxygen atoms in total. The van der Waals surface area contributed by atoms with Crippen LogP contribution in [0.3, 0.4) is 0 Å². The van der Waals surface area contributed by atoms with E-state index < -0.39 is 0 Å². The molecule has 0 saturated carbocycles. The Balaban J connectivity index is 0. The quantitative estimate of drug-likeness (QED) is 0.354. The summed E-state index contributed by atoms with van der Waals surface area (Å²) in [5.41, 5.74) is 0. The zero-order valence-corrected chi connectivity index (χ0v) is 10.1. The molecule has 0 bridgehead atoms. The van der Waals surface area contributed by atoms with Gasteiger partial charge in [-0.2, -0.15) is 25.3 Å². The molecule has 0 atom stereocenters. The van der Waals surface area contributed by atoms with E-state index in [1.54, 1.807) is 0 Å². The average molecular weight is 244 g/mol. The van der Waals surface area contributed by atoms with E-state index >= 15 is 0 Å². The molecule has 0 rings (SSSR count). The summed E-state index contributed by atoms with van der Waals surface area (Å²) in [5.74, 6) is 1.60.